The minimum atomic E-state index is -3.58. The summed E-state index contributed by atoms with van der Waals surface area (Å²) in [6.45, 7) is 3.04. The van der Waals surface area contributed by atoms with Crippen molar-refractivity contribution in [1.82, 2.24) is 9.62 Å². The lowest BCUT2D eigenvalue weighted by atomic mass is 10.1. The van der Waals surface area contributed by atoms with E-state index in [1.54, 1.807) is 22.5 Å². The molecule has 2 aromatic rings. The summed E-state index contributed by atoms with van der Waals surface area (Å²) in [6, 6.07) is 16.5. The number of amides is 1. The second-order valence-corrected chi connectivity index (χ2v) is 9.22. The van der Waals surface area contributed by atoms with E-state index >= 15 is 0 Å². The van der Waals surface area contributed by atoms with Crippen LogP contribution >= 0.6 is 0 Å². The van der Waals surface area contributed by atoms with Crippen molar-refractivity contribution < 1.29 is 13.2 Å². The number of hydrogen-bond acceptors (Lipinski definition) is 3. The van der Waals surface area contributed by atoms with Crippen LogP contribution in [0.1, 0.15) is 48.5 Å². The lowest BCUT2D eigenvalue weighted by Crippen LogP contribution is -2.42. The number of nitrogens with zero attached hydrogens (tertiary/aromatic N) is 1. The minimum Gasteiger partial charge on any atom is -0.352 e. The van der Waals surface area contributed by atoms with Crippen molar-refractivity contribution in [3.05, 3.63) is 65.7 Å². The molecule has 0 aliphatic carbocycles. The van der Waals surface area contributed by atoms with E-state index in [4.69, 9.17) is 0 Å². The highest BCUT2D eigenvalue weighted by atomic mass is 32.2. The molecule has 1 aliphatic rings. The van der Waals surface area contributed by atoms with Gasteiger partial charge in [-0.3, -0.25) is 4.79 Å². The van der Waals surface area contributed by atoms with Crippen LogP contribution in [0, 0.1) is 0 Å². The van der Waals surface area contributed by atoms with Crippen molar-refractivity contribution in [2.75, 3.05) is 13.1 Å². The van der Waals surface area contributed by atoms with Crippen molar-refractivity contribution in [2.45, 2.75) is 50.0 Å². The maximum atomic E-state index is 13.0. The number of benzene rings is 2. The molecule has 5 nitrogen and oxygen atoms in total. The van der Waals surface area contributed by atoms with Gasteiger partial charge in [0.05, 0.1) is 4.90 Å². The fourth-order valence-electron chi connectivity index (χ4n) is 3.60. The molecular weight excluding hydrogens is 372 g/mol. The molecule has 3 rings (SSSR count). The first-order valence-electron chi connectivity index (χ1n) is 9.92. The van der Waals surface area contributed by atoms with Crippen LogP contribution in [-0.2, 0) is 16.4 Å². The number of piperidine rings is 1. The van der Waals surface area contributed by atoms with E-state index in [9.17, 15) is 13.2 Å². The maximum Gasteiger partial charge on any atom is 0.251 e. The van der Waals surface area contributed by atoms with Crippen LogP contribution in [0.5, 0.6) is 0 Å². The van der Waals surface area contributed by atoms with Gasteiger partial charge in [0.25, 0.3) is 5.91 Å². The van der Waals surface area contributed by atoms with Gasteiger partial charge in [-0.05, 0) is 56.4 Å². The topological polar surface area (TPSA) is 66.5 Å². The second kappa shape index (κ2) is 9.34. The molecule has 1 unspecified atom stereocenters. The van der Waals surface area contributed by atoms with E-state index < -0.39 is 10.0 Å². The van der Waals surface area contributed by atoms with Gasteiger partial charge in [0.1, 0.15) is 0 Å². The molecule has 28 heavy (non-hydrogen) atoms. The van der Waals surface area contributed by atoms with Crippen molar-refractivity contribution in [1.29, 1.82) is 0 Å². The van der Waals surface area contributed by atoms with Gasteiger partial charge in [-0.25, -0.2) is 8.42 Å². The average Bonchev–Trinajstić information content (AvgIpc) is 2.72. The summed E-state index contributed by atoms with van der Waals surface area (Å²) >= 11 is 0. The van der Waals surface area contributed by atoms with Crippen LogP contribution in [-0.4, -0.2) is 37.8 Å². The van der Waals surface area contributed by atoms with Crippen LogP contribution in [0.15, 0.2) is 59.5 Å². The Balaban J connectivity index is 1.61. The van der Waals surface area contributed by atoms with Gasteiger partial charge in [-0.1, -0.05) is 42.8 Å². The normalized spacial score (nSPS) is 18.0. The molecule has 1 amide bonds. The van der Waals surface area contributed by atoms with Crippen LogP contribution < -0.4 is 5.32 Å². The predicted octanol–water partition coefficient (Wildman–Crippen LogP) is 3.61. The maximum absolute atomic E-state index is 13.0. The Labute approximate surface area is 167 Å². The number of carbonyl (C=O) groups is 1. The van der Waals surface area contributed by atoms with Crippen molar-refractivity contribution in [2.24, 2.45) is 0 Å². The van der Waals surface area contributed by atoms with E-state index in [1.165, 1.54) is 11.6 Å². The van der Waals surface area contributed by atoms with E-state index in [2.05, 4.69) is 17.4 Å². The summed E-state index contributed by atoms with van der Waals surface area (Å²) < 4.78 is 27.5. The Kier molecular flexibility index (Phi) is 6.86. The fourth-order valence-corrected chi connectivity index (χ4v) is 5.35. The number of sulfonamides is 1. The molecule has 1 heterocycles. The molecule has 6 heteroatoms. The summed E-state index contributed by atoms with van der Waals surface area (Å²) in [4.78, 5) is 12.6. The van der Waals surface area contributed by atoms with Crippen LogP contribution in [0.4, 0.5) is 0 Å². The van der Waals surface area contributed by atoms with Crippen LogP contribution in [0.2, 0.25) is 0 Å². The summed E-state index contributed by atoms with van der Waals surface area (Å²) in [5, 5.41) is 2.89. The fraction of sp³-hybridized carbons (Fsp3) is 0.409. The smallest absolute Gasteiger partial charge is 0.251 e. The van der Waals surface area contributed by atoms with Gasteiger partial charge >= 0.3 is 0 Å². The number of rotatable bonds is 7. The molecule has 0 bridgehead atoms. The Morgan fingerprint density at radius 3 is 2.64 bits per heavy atom. The molecule has 1 saturated heterocycles. The molecule has 150 valence electrons. The number of hydrogen-bond donors (Lipinski definition) is 1. The highest BCUT2D eigenvalue weighted by Gasteiger charge is 2.31. The lowest BCUT2D eigenvalue weighted by molar-refractivity contribution is 0.0953. The Hall–Kier alpha value is -2.18. The summed E-state index contributed by atoms with van der Waals surface area (Å²) in [5.74, 6) is -0.239. The van der Waals surface area contributed by atoms with Crippen LogP contribution in [0.3, 0.4) is 0 Å². The van der Waals surface area contributed by atoms with Gasteiger partial charge in [-0.15, -0.1) is 0 Å². The zero-order valence-corrected chi connectivity index (χ0v) is 17.1. The van der Waals surface area contributed by atoms with Gasteiger partial charge in [0.2, 0.25) is 10.0 Å². The molecule has 1 aliphatic heterocycles. The van der Waals surface area contributed by atoms with E-state index in [1.807, 2.05) is 25.1 Å². The summed E-state index contributed by atoms with van der Waals surface area (Å²) in [6.07, 6.45) is 4.53. The van der Waals surface area contributed by atoms with Gasteiger partial charge in [0.15, 0.2) is 0 Å². The highest BCUT2D eigenvalue weighted by molar-refractivity contribution is 7.89. The Morgan fingerprint density at radius 2 is 1.89 bits per heavy atom. The summed E-state index contributed by atoms with van der Waals surface area (Å²) in [7, 11) is -3.58. The van der Waals surface area contributed by atoms with E-state index in [0.717, 1.165) is 32.1 Å². The first kappa shape index (κ1) is 20.6. The van der Waals surface area contributed by atoms with Crippen molar-refractivity contribution in [3.63, 3.8) is 0 Å². The summed E-state index contributed by atoms with van der Waals surface area (Å²) in [5.41, 5.74) is 1.62. The van der Waals surface area contributed by atoms with Crippen molar-refractivity contribution >= 4 is 15.9 Å². The molecule has 0 saturated carbocycles. The second-order valence-electron chi connectivity index (χ2n) is 7.33. The third-order valence-electron chi connectivity index (χ3n) is 5.22. The molecule has 1 N–H and O–H groups in total. The van der Waals surface area contributed by atoms with Gasteiger partial charge in [0, 0.05) is 24.7 Å². The van der Waals surface area contributed by atoms with E-state index in [-0.39, 0.29) is 16.8 Å². The van der Waals surface area contributed by atoms with Crippen molar-refractivity contribution in [3.8, 4) is 0 Å². The van der Waals surface area contributed by atoms with E-state index in [0.29, 0.717) is 18.7 Å². The van der Waals surface area contributed by atoms with Crippen LogP contribution in [0.25, 0.3) is 0 Å². The molecule has 1 fully saturated rings. The molecular formula is C22H28N2O3S. The highest BCUT2D eigenvalue weighted by Crippen LogP contribution is 2.25. The molecule has 1 atom stereocenters. The first-order chi connectivity index (χ1) is 13.5. The first-order valence-corrected chi connectivity index (χ1v) is 11.4. The number of carbonyl (C=O) groups excluding carboxylic acids is 1. The average molecular weight is 401 g/mol. The number of aryl methyl sites for hydroxylation is 1. The predicted molar refractivity (Wildman–Crippen MR) is 111 cm³/mol. The molecule has 0 radical (unpaired) electrons. The lowest BCUT2D eigenvalue weighted by Gasteiger charge is -2.32. The van der Waals surface area contributed by atoms with Gasteiger partial charge < -0.3 is 5.32 Å². The quantitative estimate of drug-likeness (QED) is 0.722. The third kappa shape index (κ3) is 5.00. The third-order valence-corrected chi connectivity index (χ3v) is 7.23. The molecule has 2 aromatic carbocycles. The number of nitrogens with one attached hydrogen (secondary N) is 1. The monoisotopic (exact) mass is 400 g/mol. The van der Waals surface area contributed by atoms with Gasteiger partial charge in [-0.2, -0.15) is 4.31 Å². The zero-order chi connectivity index (χ0) is 20.0. The minimum absolute atomic E-state index is 0.00535. The molecule has 0 aromatic heterocycles. The molecule has 0 spiro atoms. The SMILES string of the molecule is CC1CCCCN1S(=O)(=O)c1cccc(C(=O)NCCCc2ccccc2)c1. The largest absolute Gasteiger partial charge is 0.352 e. The Bertz CT molecular complexity index is 897. The zero-order valence-electron chi connectivity index (χ0n) is 16.3. The standard InChI is InChI=1S/C22H28N2O3S/c1-18-9-5-6-16-24(18)28(26,27)21-14-7-13-20(17-21)22(25)23-15-8-12-19-10-3-2-4-11-19/h2-4,7,10-11,13-14,17-18H,5-6,8-9,12,15-16H2,1H3,(H,23,25). The Morgan fingerprint density at radius 1 is 1.11 bits per heavy atom.